The molecule has 1 rings (SSSR count). The maximum atomic E-state index is 11.3. The zero-order valence-corrected chi connectivity index (χ0v) is 20.1. The quantitative estimate of drug-likeness (QED) is 0.247. The number of hydrogen-bond donors (Lipinski definition) is 1. The minimum Gasteiger partial charge on any atom is -0.462 e. The Bertz CT molecular complexity index is 566. The molecule has 1 saturated heterocycles. The Hall–Kier alpha value is -1.17. The third kappa shape index (κ3) is 10.2. The van der Waals surface area contributed by atoms with Gasteiger partial charge in [-0.15, -0.1) is 0 Å². The van der Waals surface area contributed by atoms with Crippen LogP contribution in [0.15, 0.2) is 23.8 Å². The van der Waals surface area contributed by atoms with Gasteiger partial charge in [-0.1, -0.05) is 44.1 Å². The number of hydrogen-bond acceptors (Lipinski definition) is 5. The summed E-state index contributed by atoms with van der Waals surface area (Å²) in [4.78, 5) is 11.3. The molecule has 0 saturated carbocycles. The number of carbonyl (C=O) groups is 1. The van der Waals surface area contributed by atoms with E-state index in [0.29, 0.717) is 6.42 Å². The van der Waals surface area contributed by atoms with Crippen molar-refractivity contribution in [3.63, 3.8) is 0 Å². The first-order valence-corrected chi connectivity index (χ1v) is 11.6. The maximum absolute atomic E-state index is 11.3. The summed E-state index contributed by atoms with van der Waals surface area (Å²) in [5.74, 6) is -0.962. The Kier molecular flexibility index (Phi) is 11.9. The van der Waals surface area contributed by atoms with E-state index >= 15 is 0 Å². The lowest BCUT2D eigenvalue weighted by atomic mass is 9.89. The van der Waals surface area contributed by atoms with Crippen LogP contribution in [0.25, 0.3) is 0 Å². The molecule has 5 nitrogen and oxygen atoms in total. The van der Waals surface area contributed by atoms with E-state index in [0.717, 1.165) is 44.1 Å². The molecule has 0 aliphatic carbocycles. The van der Waals surface area contributed by atoms with Gasteiger partial charge in [0.25, 0.3) is 0 Å². The molecule has 0 amide bonds. The van der Waals surface area contributed by atoms with Crippen LogP contribution in [0.4, 0.5) is 0 Å². The van der Waals surface area contributed by atoms with Gasteiger partial charge >= 0.3 is 5.97 Å². The van der Waals surface area contributed by atoms with Crippen molar-refractivity contribution >= 4 is 5.97 Å². The predicted octanol–water partition coefficient (Wildman–Crippen LogP) is 5.71. The van der Waals surface area contributed by atoms with Crippen LogP contribution < -0.4 is 0 Å². The molecule has 30 heavy (non-hydrogen) atoms. The SMILES string of the molecule is C/C=C\CCC[C@@H]1C[C@@H]([C@H](C)[C@H](O)/C=C(\C)C[C@@H](CCC)OC(C)=O)OC(C)(C)O1. The third-order valence-electron chi connectivity index (χ3n) is 5.59. The average Bonchev–Trinajstić information content (AvgIpc) is 2.62. The molecule has 0 aromatic heterocycles. The third-order valence-corrected chi connectivity index (χ3v) is 5.59. The molecule has 1 aliphatic heterocycles. The Morgan fingerprint density at radius 1 is 1.30 bits per heavy atom. The van der Waals surface area contributed by atoms with Gasteiger partial charge in [-0.3, -0.25) is 4.79 Å². The first-order chi connectivity index (χ1) is 14.1. The van der Waals surface area contributed by atoms with E-state index in [1.54, 1.807) is 0 Å². The van der Waals surface area contributed by atoms with Crippen molar-refractivity contribution in [2.45, 2.75) is 124 Å². The first-order valence-electron chi connectivity index (χ1n) is 11.6. The van der Waals surface area contributed by atoms with Gasteiger partial charge in [0.1, 0.15) is 6.10 Å². The van der Waals surface area contributed by atoms with Gasteiger partial charge in [0.05, 0.1) is 18.3 Å². The number of aliphatic hydroxyl groups is 1. The Morgan fingerprint density at radius 3 is 2.60 bits per heavy atom. The fourth-order valence-electron chi connectivity index (χ4n) is 4.13. The summed E-state index contributed by atoms with van der Waals surface area (Å²) in [5.41, 5.74) is 1.03. The number of unbranched alkanes of at least 4 members (excludes halogenated alkanes) is 1. The monoisotopic (exact) mass is 424 g/mol. The summed E-state index contributed by atoms with van der Waals surface area (Å²) >= 11 is 0. The van der Waals surface area contributed by atoms with Gasteiger partial charge in [0.2, 0.25) is 0 Å². The van der Waals surface area contributed by atoms with Gasteiger partial charge < -0.3 is 19.3 Å². The molecule has 1 aliphatic rings. The highest BCUT2D eigenvalue weighted by atomic mass is 16.7. The highest BCUT2D eigenvalue weighted by Gasteiger charge is 2.39. The average molecular weight is 425 g/mol. The zero-order valence-electron chi connectivity index (χ0n) is 20.1. The number of allylic oxidation sites excluding steroid dienone is 2. The molecule has 0 radical (unpaired) electrons. The summed E-state index contributed by atoms with van der Waals surface area (Å²) in [6.07, 6.45) is 11.8. The standard InChI is InChI=1S/C25H44O5/c1-8-10-11-12-14-22-17-24(30-25(6,7)29-22)19(4)23(27)16-18(3)15-21(13-9-2)28-20(5)26/h8,10,16,19,21-24,27H,9,11-15,17H2,1-7H3/b10-8-,18-16+/t19-,21-,22-,23-,24+/m1/s1. The van der Waals surface area contributed by atoms with Crippen LogP contribution in [0.5, 0.6) is 0 Å². The summed E-state index contributed by atoms with van der Waals surface area (Å²) < 4.78 is 17.7. The molecule has 1 N–H and O–H groups in total. The molecule has 0 spiro atoms. The molecular weight excluding hydrogens is 380 g/mol. The van der Waals surface area contributed by atoms with Crippen LogP contribution >= 0.6 is 0 Å². The van der Waals surface area contributed by atoms with Crippen molar-refractivity contribution in [3.8, 4) is 0 Å². The molecular formula is C25H44O5. The number of aliphatic hydroxyl groups excluding tert-OH is 1. The summed E-state index contributed by atoms with van der Waals surface area (Å²) in [5, 5.41) is 10.9. The lowest BCUT2D eigenvalue weighted by Gasteiger charge is -2.43. The highest BCUT2D eigenvalue weighted by Crippen LogP contribution is 2.34. The van der Waals surface area contributed by atoms with E-state index in [1.807, 2.05) is 40.7 Å². The number of ether oxygens (including phenoxy) is 3. The van der Waals surface area contributed by atoms with Crippen molar-refractivity contribution in [3.05, 3.63) is 23.8 Å². The van der Waals surface area contributed by atoms with E-state index in [1.165, 1.54) is 6.92 Å². The van der Waals surface area contributed by atoms with Gasteiger partial charge in [-0.2, -0.15) is 0 Å². The molecule has 0 bridgehead atoms. The minimum absolute atomic E-state index is 0.0560. The van der Waals surface area contributed by atoms with E-state index in [4.69, 9.17) is 14.2 Å². The topological polar surface area (TPSA) is 65.0 Å². The molecule has 0 unspecified atom stereocenters. The van der Waals surface area contributed by atoms with Crippen LogP contribution in [-0.4, -0.2) is 41.3 Å². The minimum atomic E-state index is -0.650. The van der Waals surface area contributed by atoms with Crippen molar-refractivity contribution in [1.82, 2.24) is 0 Å². The zero-order chi connectivity index (χ0) is 22.7. The second kappa shape index (κ2) is 13.3. The Morgan fingerprint density at radius 2 is 2.00 bits per heavy atom. The lowest BCUT2D eigenvalue weighted by Crippen LogP contribution is -2.48. The maximum Gasteiger partial charge on any atom is 0.302 e. The molecule has 5 heteroatoms. The fourth-order valence-corrected chi connectivity index (χ4v) is 4.13. The van der Waals surface area contributed by atoms with Crippen LogP contribution in [0.3, 0.4) is 0 Å². The van der Waals surface area contributed by atoms with E-state index in [2.05, 4.69) is 19.1 Å². The first kappa shape index (κ1) is 26.9. The normalized spacial score (nSPS) is 25.1. The second-order valence-electron chi connectivity index (χ2n) is 9.12. The second-order valence-corrected chi connectivity index (χ2v) is 9.12. The van der Waals surface area contributed by atoms with E-state index in [9.17, 15) is 9.90 Å². The molecule has 174 valence electrons. The molecule has 1 heterocycles. The molecule has 0 aromatic rings. The molecule has 5 atom stereocenters. The van der Waals surface area contributed by atoms with Gasteiger partial charge in [-0.05, 0) is 53.4 Å². The van der Waals surface area contributed by atoms with Gasteiger partial charge in [-0.25, -0.2) is 0 Å². The van der Waals surface area contributed by atoms with E-state index in [-0.39, 0.29) is 30.2 Å². The van der Waals surface area contributed by atoms with Crippen molar-refractivity contribution in [2.24, 2.45) is 5.92 Å². The van der Waals surface area contributed by atoms with Crippen molar-refractivity contribution in [2.75, 3.05) is 0 Å². The predicted molar refractivity (Wildman–Crippen MR) is 121 cm³/mol. The van der Waals surface area contributed by atoms with Crippen LogP contribution in [0, 0.1) is 5.92 Å². The summed E-state index contributed by atoms with van der Waals surface area (Å²) in [7, 11) is 0. The van der Waals surface area contributed by atoms with Gasteiger partial charge in [0, 0.05) is 25.7 Å². The van der Waals surface area contributed by atoms with Crippen molar-refractivity contribution < 1.29 is 24.1 Å². The smallest absolute Gasteiger partial charge is 0.302 e. The van der Waals surface area contributed by atoms with Crippen molar-refractivity contribution in [1.29, 1.82) is 0 Å². The van der Waals surface area contributed by atoms with Gasteiger partial charge in [0.15, 0.2) is 5.79 Å². The largest absolute Gasteiger partial charge is 0.462 e. The summed E-state index contributed by atoms with van der Waals surface area (Å²) in [6.45, 7) is 13.5. The number of rotatable bonds is 12. The molecule has 0 aromatic carbocycles. The Labute approximate surface area is 183 Å². The van der Waals surface area contributed by atoms with Crippen LogP contribution in [0.1, 0.15) is 93.4 Å². The fraction of sp³-hybridized carbons (Fsp3) is 0.800. The Balaban J connectivity index is 2.72. The molecule has 1 fully saturated rings. The lowest BCUT2D eigenvalue weighted by molar-refractivity contribution is -0.310. The number of carbonyl (C=O) groups excluding carboxylic acids is 1. The van der Waals surface area contributed by atoms with Crippen LogP contribution in [0.2, 0.25) is 0 Å². The summed E-state index contributed by atoms with van der Waals surface area (Å²) in [6, 6.07) is 0. The highest BCUT2D eigenvalue weighted by molar-refractivity contribution is 5.66. The van der Waals surface area contributed by atoms with E-state index < -0.39 is 11.9 Å². The van der Waals surface area contributed by atoms with Crippen LogP contribution in [-0.2, 0) is 19.0 Å². The number of esters is 1.